The summed E-state index contributed by atoms with van der Waals surface area (Å²) in [5.74, 6) is 1.51. The van der Waals surface area contributed by atoms with Gasteiger partial charge in [0.2, 0.25) is 10.0 Å². The summed E-state index contributed by atoms with van der Waals surface area (Å²) in [5, 5.41) is 4.40. The van der Waals surface area contributed by atoms with Crippen LogP contribution in [-0.2, 0) is 22.7 Å². The second-order valence-electron chi connectivity index (χ2n) is 10.3. The maximum absolute atomic E-state index is 13.5. The Morgan fingerprint density at radius 1 is 0.923 bits per heavy atom. The van der Waals surface area contributed by atoms with Crippen molar-refractivity contribution in [1.82, 2.24) is 14.3 Å². The number of rotatable bonds is 8. The number of nitrogens with zero attached hydrogens (tertiary/aromatic N) is 3. The lowest BCUT2D eigenvalue weighted by molar-refractivity contribution is -0.137. The highest BCUT2D eigenvalue weighted by molar-refractivity contribution is 7.89. The van der Waals surface area contributed by atoms with Gasteiger partial charge in [0.25, 0.3) is 0 Å². The molecule has 202 valence electrons. The normalized spacial score (nSPS) is 16.1. The third-order valence-electron chi connectivity index (χ3n) is 7.05. The van der Waals surface area contributed by atoms with Crippen LogP contribution in [0.3, 0.4) is 0 Å². The molecule has 2 saturated carbocycles. The first-order valence-electron chi connectivity index (χ1n) is 12.9. The zero-order valence-corrected chi connectivity index (χ0v) is 22.1. The van der Waals surface area contributed by atoms with Crippen LogP contribution in [0.4, 0.5) is 19.0 Å². The largest absolute Gasteiger partial charge is 0.416 e. The molecule has 0 bridgehead atoms. The van der Waals surface area contributed by atoms with Crippen molar-refractivity contribution in [1.29, 1.82) is 0 Å². The van der Waals surface area contributed by atoms with Crippen LogP contribution < -0.4 is 5.32 Å². The van der Waals surface area contributed by atoms with Gasteiger partial charge in [0.05, 0.1) is 16.0 Å². The topological polar surface area (TPSA) is 75.2 Å². The van der Waals surface area contributed by atoms with Gasteiger partial charge in [-0.3, -0.25) is 0 Å². The molecule has 2 aliphatic carbocycles. The lowest BCUT2D eigenvalue weighted by Crippen LogP contribution is -2.32. The minimum Gasteiger partial charge on any atom is -0.367 e. The molecule has 6 nitrogen and oxygen atoms in total. The van der Waals surface area contributed by atoms with Gasteiger partial charge in [-0.25, -0.2) is 18.4 Å². The average Bonchev–Trinajstić information content (AvgIpc) is 3.83. The number of aromatic nitrogens is 2. The van der Waals surface area contributed by atoms with Crippen molar-refractivity contribution < 1.29 is 21.6 Å². The molecule has 0 radical (unpaired) electrons. The highest BCUT2D eigenvalue weighted by atomic mass is 32.2. The summed E-state index contributed by atoms with van der Waals surface area (Å²) >= 11 is 0. The Morgan fingerprint density at radius 3 is 2.38 bits per heavy atom. The first-order chi connectivity index (χ1) is 18.6. The predicted molar refractivity (Wildman–Crippen MR) is 144 cm³/mol. The lowest BCUT2D eigenvalue weighted by Gasteiger charge is -2.23. The van der Waals surface area contributed by atoms with E-state index >= 15 is 0 Å². The SMILES string of the molecule is Cc1nc(NC2CC2)c2cc(-c3cccc(CN(C4CC4)S(=O)(=O)c4cccc(C(F)(F)F)c4)c3)ccc2n1. The maximum Gasteiger partial charge on any atom is 0.416 e. The molecule has 0 saturated heterocycles. The monoisotopic (exact) mass is 552 g/mol. The van der Waals surface area contributed by atoms with E-state index in [0.717, 1.165) is 58.4 Å². The summed E-state index contributed by atoms with van der Waals surface area (Å²) in [4.78, 5) is 8.83. The number of alkyl halides is 3. The number of aryl methyl sites for hydroxylation is 1. The van der Waals surface area contributed by atoms with E-state index in [0.29, 0.717) is 30.8 Å². The zero-order chi connectivity index (χ0) is 27.4. The van der Waals surface area contributed by atoms with Crippen molar-refractivity contribution in [3.05, 3.63) is 83.7 Å². The number of nitrogens with one attached hydrogen (secondary N) is 1. The van der Waals surface area contributed by atoms with Gasteiger partial charge in [-0.05, 0) is 85.7 Å². The molecular weight excluding hydrogens is 525 g/mol. The zero-order valence-electron chi connectivity index (χ0n) is 21.2. The van der Waals surface area contributed by atoms with Crippen molar-refractivity contribution in [3.8, 4) is 11.1 Å². The van der Waals surface area contributed by atoms with Crippen LogP contribution in [0.15, 0.2) is 71.6 Å². The Balaban J connectivity index is 1.32. The first kappa shape index (κ1) is 25.8. The van der Waals surface area contributed by atoms with E-state index in [1.54, 1.807) is 0 Å². The fraction of sp³-hybridized carbons (Fsp3) is 0.310. The summed E-state index contributed by atoms with van der Waals surface area (Å²) in [6.07, 6.45) is -1.03. The van der Waals surface area contributed by atoms with Crippen LogP contribution in [0.1, 0.15) is 42.6 Å². The standard InChI is InChI=1S/C29H27F3N4O2S/c1-18-33-27-13-8-21(15-26(27)28(34-18)35-23-9-10-23)20-5-2-4-19(14-20)17-36(24-11-12-24)39(37,38)25-7-3-6-22(16-25)29(30,31)32/h2-8,13-16,23-24H,9-12,17H2,1H3,(H,33,34,35). The van der Waals surface area contributed by atoms with Crippen molar-refractivity contribution in [2.24, 2.45) is 0 Å². The fourth-order valence-electron chi connectivity index (χ4n) is 4.73. The molecule has 2 fully saturated rings. The molecule has 4 aromatic rings. The van der Waals surface area contributed by atoms with Gasteiger partial charge >= 0.3 is 6.18 Å². The quantitative estimate of drug-likeness (QED) is 0.268. The Hall–Kier alpha value is -3.50. The Morgan fingerprint density at radius 2 is 1.67 bits per heavy atom. The van der Waals surface area contributed by atoms with Crippen molar-refractivity contribution >= 4 is 26.7 Å². The molecule has 0 amide bonds. The summed E-state index contributed by atoms with van der Waals surface area (Å²) in [6.45, 7) is 1.94. The van der Waals surface area contributed by atoms with Crippen LogP contribution in [0, 0.1) is 6.92 Å². The molecule has 3 aromatic carbocycles. The molecule has 1 heterocycles. The van der Waals surface area contributed by atoms with Crippen molar-refractivity contribution in [3.63, 3.8) is 0 Å². The molecule has 1 N–H and O–H groups in total. The van der Waals surface area contributed by atoms with E-state index in [9.17, 15) is 21.6 Å². The molecule has 0 unspecified atom stereocenters. The number of anilines is 1. The van der Waals surface area contributed by atoms with Gasteiger partial charge in [-0.2, -0.15) is 17.5 Å². The maximum atomic E-state index is 13.5. The van der Waals surface area contributed by atoms with E-state index in [2.05, 4.69) is 15.3 Å². The average molecular weight is 553 g/mol. The molecule has 1 aromatic heterocycles. The van der Waals surface area contributed by atoms with Crippen LogP contribution in [0.25, 0.3) is 22.0 Å². The van der Waals surface area contributed by atoms with Crippen LogP contribution in [0.5, 0.6) is 0 Å². The minimum absolute atomic E-state index is 0.0709. The number of benzene rings is 3. The van der Waals surface area contributed by atoms with E-state index in [1.807, 2.05) is 49.4 Å². The van der Waals surface area contributed by atoms with Crippen LogP contribution in [-0.4, -0.2) is 34.8 Å². The number of hydrogen-bond donors (Lipinski definition) is 1. The summed E-state index contributed by atoms with van der Waals surface area (Å²) in [7, 11) is -4.13. The van der Waals surface area contributed by atoms with Crippen LogP contribution in [0.2, 0.25) is 0 Å². The van der Waals surface area contributed by atoms with Gasteiger partial charge in [-0.1, -0.05) is 30.3 Å². The van der Waals surface area contributed by atoms with E-state index < -0.39 is 21.8 Å². The molecule has 6 rings (SSSR count). The highest BCUT2D eigenvalue weighted by Crippen LogP contribution is 2.37. The van der Waals surface area contributed by atoms with Gasteiger partial charge in [0.1, 0.15) is 11.6 Å². The third-order valence-corrected chi connectivity index (χ3v) is 8.94. The number of halogens is 3. The molecule has 0 spiro atoms. The molecule has 39 heavy (non-hydrogen) atoms. The molecule has 10 heteroatoms. The number of fused-ring (bicyclic) bond motifs is 1. The Labute approximate surface area is 225 Å². The van der Waals surface area contributed by atoms with E-state index in [4.69, 9.17) is 0 Å². The number of sulfonamides is 1. The van der Waals surface area contributed by atoms with Gasteiger partial charge in [-0.15, -0.1) is 0 Å². The molecule has 0 atom stereocenters. The molecule has 0 aliphatic heterocycles. The predicted octanol–water partition coefficient (Wildman–Crippen LogP) is 6.55. The second kappa shape index (κ2) is 9.60. The summed E-state index contributed by atoms with van der Waals surface area (Å²) < 4.78 is 68.1. The lowest BCUT2D eigenvalue weighted by atomic mass is 10.0. The molecule has 2 aliphatic rings. The Bertz CT molecular complexity index is 1670. The molecular formula is C29H27F3N4O2S. The van der Waals surface area contributed by atoms with Gasteiger partial charge < -0.3 is 5.32 Å². The fourth-order valence-corrected chi connectivity index (χ4v) is 6.45. The summed E-state index contributed by atoms with van der Waals surface area (Å²) in [6, 6.07) is 17.7. The van der Waals surface area contributed by atoms with E-state index in [1.165, 1.54) is 10.4 Å². The second-order valence-corrected chi connectivity index (χ2v) is 12.2. The smallest absolute Gasteiger partial charge is 0.367 e. The Kier molecular flexibility index (Phi) is 6.34. The number of hydrogen-bond acceptors (Lipinski definition) is 5. The minimum atomic E-state index is -4.62. The van der Waals surface area contributed by atoms with Crippen molar-refractivity contribution in [2.75, 3.05) is 5.32 Å². The summed E-state index contributed by atoms with van der Waals surface area (Å²) in [5.41, 5.74) is 2.46. The van der Waals surface area contributed by atoms with Crippen molar-refractivity contribution in [2.45, 2.75) is 62.3 Å². The van der Waals surface area contributed by atoms with E-state index in [-0.39, 0.29) is 17.5 Å². The third kappa shape index (κ3) is 5.49. The van der Waals surface area contributed by atoms with Gasteiger partial charge in [0, 0.05) is 24.0 Å². The first-order valence-corrected chi connectivity index (χ1v) is 14.4. The highest BCUT2D eigenvalue weighted by Gasteiger charge is 2.39. The van der Waals surface area contributed by atoms with Crippen LogP contribution >= 0.6 is 0 Å². The van der Waals surface area contributed by atoms with Gasteiger partial charge in [0.15, 0.2) is 0 Å².